The molecule has 0 unspecified atom stereocenters. The van der Waals surface area contributed by atoms with Gasteiger partial charge in [0.05, 0.1) is 35.4 Å². The van der Waals surface area contributed by atoms with Crippen molar-refractivity contribution in [2.45, 2.75) is 13.2 Å². The molecule has 0 atom stereocenters. The van der Waals surface area contributed by atoms with Crippen LogP contribution >= 0.6 is 0 Å². The Balaban J connectivity index is 1.22. The van der Waals surface area contributed by atoms with Gasteiger partial charge in [0.25, 0.3) is 0 Å². The summed E-state index contributed by atoms with van der Waals surface area (Å²) in [5, 5.41) is 9.46. The number of nitrogens with zero attached hydrogens (tertiary/aromatic N) is 3. The fourth-order valence-electron chi connectivity index (χ4n) is 5.33. The Hall–Kier alpha value is -5.39. The highest BCUT2D eigenvalue weighted by Gasteiger charge is 2.16. The molecule has 0 aliphatic heterocycles. The van der Waals surface area contributed by atoms with Crippen LogP contribution in [0.4, 0.5) is 4.39 Å². The van der Waals surface area contributed by atoms with Crippen LogP contribution in [0.15, 0.2) is 104 Å². The Morgan fingerprint density at radius 3 is 2.49 bits per heavy atom. The van der Waals surface area contributed by atoms with E-state index < -0.39 is 15.8 Å². The first-order valence-corrected chi connectivity index (χ1v) is 16.0. The summed E-state index contributed by atoms with van der Waals surface area (Å²) in [7, 11) is -3.43. The summed E-state index contributed by atoms with van der Waals surface area (Å²) in [6.45, 7) is 0.424. The van der Waals surface area contributed by atoms with Crippen molar-refractivity contribution >= 4 is 31.8 Å². The fourth-order valence-corrected chi connectivity index (χ4v) is 5.76. The van der Waals surface area contributed by atoms with Crippen molar-refractivity contribution in [1.82, 2.24) is 29.9 Å². The third kappa shape index (κ3) is 6.17. The summed E-state index contributed by atoms with van der Waals surface area (Å²) in [6, 6.07) is 24.4. The molecule has 0 aliphatic rings. The van der Waals surface area contributed by atoms with Crippen molar-refractivity contribution in [3.8, 4) is 39.4 Å². The number of fused-ring (bicyclic) bond motifs is 2. The number of H-pyrrole nitrogens is 2. The van der Waals surface area contributed by atoms with Crippen molar-refractivity contribution in [3.63, 3.8) is 0 Å². The van der Waals surface area contributed by atoms with Crippen LogP contribution in [0.2, 0.25) is 0 Å². The zero-order chi connectivity index (χ0) is 31.0. The van der Waals surface area contributed by atoms with Crippen molar-refractivity contribution in [2.24, 2.45) is 0 Å². The monoisotopic (exact) mass is 618 g/mol. The smallest absolute Gasteiger partial charge is 0.209 e. The van der Waals surface area contributed by atoms with E-state index in [2.05, 4.69) is 35.9 Å². The minimum absolute atomic E-state index is 0.0233. The van der Waals surface area contributed by atoms with E-state index in [4.69, 9.17) is 4.74 Å². The van der Waals surface area contributed by atoms with Gasteiger partial charge in [-0.2, -0.15) is 5.10 Å². The highest BCUT2D eigenvalue weighted by molar-refractivity contribution is 7.88. The summed E-state index contributed by atoms with van der Waals surface area (Å²) in [5.41, 5.74) is 7.82. The zero-order valence-electron chi connectivity index (χ0n) is 24.1. The van der Waals surface area contributed by atoms with Crippen LogP contribution in [0.5, 0.6) is 5.75 Å². The van der Waals surface area contributed by atoms with Crippen molar-refractivity contribution < 1.29 is 17.5 Å². The van der Waals surface area contributed by atoms with E-state index in [1.807, 2.05) is 54.6 Å². The van der Waals surface area contributed by atoms with Gasteiger partial charge in [0.2, 0.25) is 10.0 Å². The van der Waals surface area contributed by atoms with Crippen LogP contribution in [0.25, 0.3) is 55.4 Å². The van der Waals surface area contributed by atoms with Gasteiger partial charge in [-0.15, -0.1) is 0 Å². The maximum atomic E-state index is 14.6. The molecule has 11 heteroatoms. The molecule has 224 valence electrons. The number of aromatic nitrogens is 5. The molecule has 7 aromatic rings. The van der Waals surface area contributed by atoms with E-state index in [9.17, 15) is 12.8 Å². The van der Waals surface area contributed by atoms with E-state index in [-0.39, 0.29) is 6.54 Å². The summed E-state index contributed by atoms with van der Waals surface area (Å²) in [5.74, 6) is 0.201. The van der Waals surface area contributed by atoms with Crippen LogP contribution in [-0.4, -0.2) is 39.8 Å². The standard InChI is InChI=1S/C34H27FN6O3S/c1-45(42,43)38-15-22-9-24(11-26(35)10-22)30-18-37-19-33-28(30)14-32(39-33)34-29-13-23(7-8-31(29)40-41-34)25-12-27(17-36-16-25)44-20-21-5-3-2-4-6-21/h2-14,16-19,38-39H,15,20H2,1H3,(H,40,41). The maximum absolute atomic E-state index is 14.6. The fraction of sp³-hybridized carbons (Fsp3) is 0.0882. The van der Waals surface area contributed by atoms with E-state index in [0.717, 1.165) is 56.1 Å². The number of hydrogen-bond donors (Lipinski definition) is 3. The predicted octanol–water partition coefficient (Wildman–Crippen LogP) is 6.60. The lowest BCUT2D eigenvalue weighted by atomic mass is 10.0. The third-order valence-electron chi connectivity index (χ3n) is 7.47. The number of ether oxygens (including phenoxy) is 1. The van der Waals surface area contributed by atoms with Crippen LogP contribution in [0.3, 0.4) is 0 Å². The SMILES string of the molecule is CS(=O)(=O)NCc1cc(F)cc(-c2cncc3[nH]c(-c4n[nH]c5ccc(-c6cncc(OCc7ccccc7)c6)cc45)cc23)c1. The molecule has 0 fully saturated rings. The lowest BCUT2D eigenvalue weighted by Gasteiger charge is -2.08. The highest BCUT2D eigenvalue weighted by atomic mass is 32.2. The molecule has 0 spiro atoms. The first-order chi connectivity index (χ1) is 21.8. The molecule has 0 bridgehead atoms. The molecular weight excluding hydrogens is 591 g/mol. The molecule has 3 aromatic carbocycles. The predicted molar refractivity (Wildman–Crippen MR) is 172 cm³/mol. The summed E-state index contributed by atoms with van der Waals surface area (Å²) in [4.78, 5) is 12.2. The van der Waals surface area contributed by atoms with E-state index in [0.29, 0.717) is 29.0 Å². The molecule has 0 amide bonds. The molecule has 9 nitrogen and oxygen atoms in total. The Morgan fingerprint density at radius 1 is 0.800 bits per heavy atom. The number of benzene rings is 3. The third-order valence-corrected chi connectivity index (χ3v) is 8.13. The highest BCUT2D eigenvalue weighted by Crippen LogP contribution is 2.35. The number of aromatic amines is 2. The van der Waals surface area contributed by atoms with Gasteiger partial charge in [0.15, 0.2) is 0 Å². The van der Waals surface area contributed by atoms with Crippen molar-refractivity contribution in [1.29, 1.82) is 0 Å². The van der Waals surface area contributed by atoms with E-state index in [1.54, 1.807) is 30.9 Å². The van der Waals surface area contributed by atoms with E-state index in [1.165, 1.54) is 12.1 Å². The normalized spacial score (nSPS) is 11.8. The zero-order valence-corrected chi connectivity index (χ0v) is 24.9. The van der Waals surface area contributed by atoms with Crippen LogP contribution in [0, 0.1) is 5.82 Å². The molecule has 0 saturated heterocycles. The first kappa shape index (κ1) is 28.4. The van der Waals surface area contributed by atoms with Gasteiger partial charge in [0, 0.05) is 40.8 Å². The second-order valence-electron chi connectivity index (χ2n) is 10.8. The lowest BCUT2D eigenvalue weighted by molar-refractivity contribution is 0.305. The van der Waals surface area contributed by atoms with E-state index >= 15 is 0 Å². The number of nitrogens with one attached hydrogen (secondary N) is 3. The Labute approximate surface area is 258 Å². The molecular formula is C34H27FN6O3S. The summed E-state index contributed by atoms with van der Waals surface area (Å²) in [6.07, 6.45) is 7.95. The number of rotatable bonds is 9. The molecule has 4 aromatic heterocycles. The van der Waals surface area contributed by atoms with Crippen molar-refractivity contribution in [2.75, 3.05) is 6.26 Å². The molecule has 7 rings (SSSR count). The molecule has 4 heterocycles. The molecule has 0 radical (unpaired) electrons. The average Bonchev–Trinajstić information content (AvgIpc) is 3.67. The summed E-state index contributed by atoms with van der Waals surface area (Å²) >= 11 is 0. The number of sulfonamides is 1. The second-order valence-corrected chi connectivity index (χ2v) is 12.6. The van der Waals surface area contributed by atoms with Gasteiger partial charge in [0.1, 0.15) is 23.9 Å². The number of pyridine rings is 2. The minimum atomic E-state index is -3.43. The molecule has 45 heavy (non-hydrogen) atoms. The Bertz CT molecular complexity index is 2280. The Morgan fingerprint density at radius 2 is 1.64 bits per heavy atom. The molecule has 3 N–H and O–H groups in total. The quantitative estimate of drug-likeness (QED) is 0.167. The first-order valence-electron chi connectivity index (χ1n) is 14.1. The molecule has 0 saturated carbocycles. The van der Waals surface area contributed by atoms with Crippen LogP contribution < -0.4 is 9.46 Å². The maximum Gasteiger partial charge on any atom is 0.209 e. The topological polar surface area (TPSA) is 126 Å². The van der Waals surface area contributed by atoms with Crippen LogP contribution in [-0.2, 0) is 23.2 Å². The minimum Gasteiger partial charge on any atom is -0.487 e. The largest absolute Gasteiger partial charge is 0.487 e. The number of hydrogen-bond acceptors (Lipinski definition) is 6. The Kier molecular flexibility index (Phi) is 7.32. The van der Waals surface area contributed by atoms with Crippen molar-refractivity contribution in [3.05, 3.63) is 121 Å². The average molecular weight is 619 g/mol. The summed E-state index contributed by atoms with van der Waals surface area (Å²) < 4.78 is 46.2. The van der Waals surface area contributed by atoms with Crippen LogP contribution in [0.1, 0.15) is 11.1 Å². The van der Waals surface area contributed by atoms with Gasteiger partial charge in [-0.25, -0.2) is 17.5 Å². The van der Waals surface area contributed by atoms with Gasteiger partial charge in [-0.3, -0.25) is 15.1 Å². The lowest BCUT2D eigenvalue weighted by Crippen LogP contribution is -2.21. The van der Waals surface area contributed by atoms with Gasteiger partial charge in [-0.1, -0.05) is 36.4 Å². The number of halogens is 1. The van der Waals surface area contributed by atoms with Gasteiger partial charge >= 0.3 is 0 Å². The second kappa shape index (κ2) is 11.6. The molecule has 0 aliphatic carbocycles. The van der Waals surface area contributed by atoms with Gasteiger partial charge in [-0.05, 0) is 64.7 Å². The van der Waals surface area contributed by atoms with Gasteiger partial charge < -0.3 is 9.72 Å².